The number of carbonyl (C=O) groups excluding carboxylic acids is 2. The molecule has 0 aliphatic rings. The minimum absolute atomic E-state index is 0.103. The van der Waals surface area contributed by atoms with Crippen LogP contribution in [0.25, 0.3) is 0 Å². The Bertz CT molecular complexity index is 307. The van der Waals surface area contributed by atoms with E-state index in [1.54, 1.807) is 0 Å². The van der Waals surface area contributed by atoms with E-state index in [1.165, 1.54) is 0 Å². The number of hydrogen-bond donors (Lipinski definition) is 5. The zero-order valence-corrected chi connectivity index (χ0v) is 13.0. The standard InChI is InChI=1S/C14H28N2O6/c17-9-5-15-13(21)3-1-2-4-14(22)16(6-10-18,7-11-19)8-12-20/h17-20H,1-12H2/p+1. The number of carbonyl (C=O) groups is 2. The Morgan fingerprint density at radius 2 is 1.27 bits per heavy atom. The molecule has 8 heteroatoms. The molecule has 0 unspecified atom stereocenters. The summed E-state index contributed by atoms with van der Waals surface area (Å²) in [5, 5.41) is 38.5. The Hall–Kier alpha value is -1.06. The fourth-order valence-corrected chi connectivity index (χ4v) is 2.37. The second-order valence-corrected chi connectivity index (χ2v) is 5.16. The molecule has 130 valence electrons. The van der Waals surface area contributed by atoms with Crippen molar-refractivity contribution in [3.63, 3.8) is 0 Å². The SMILES string of the molecule is O=C(CCCCC(=O)[N+](CCO)(CCO)CCO)NCCO. The fourth-order valence-electron chi connectivity index (χ4n) is 2.37. The monoisotopic (exact) mass is 321 g/mol. The summed E-state index contributed by atoms with van der Waals surface area (Å²) in [6, 6.07) is 0. The number of hydrogen-bond acceptors (Lipinski definition) is 6. The van der Waals surface area contributed by atoms with Gasteiger partial charge in [0.15, 0.2) is 0 Å². The molecule has 0 saturated heterocycles. The number of aliphatic hydroxyl groups excluding tert-OH is 4. The van der Waals surface area contributed by atoms with Crippen LogP contribution in [-0.2, 0) is 9.59 Å². The van der Waals surface area contributed by atoms with Gasteiger partial charge in [0, 0.05) is 13.0 Å². The topological polar surface area (TPSA) is 127 Å². The number of quaternary nitrogens is 1. The van der Waals surface area contributed by atoms with E-state index in [2.05, 4.69) is 5.32 Å². The molecular weight excluding hydrogens is 292 g/mol. The summed E-state index contributed by atoms with van der Waals surface area (Å²) in [6.07, 6.45) is 1.58. The molecule has 0 heterocycles. The quantitative estimate of drug-likeness (QED) is 0.197. The predicted octanol–water partition coefficient (Wildman–Crippen LogP) is -2.02. The lowest BCUT2D eigenvalue weighted by molar-refractivity contribution is -0.856. The van der Waals surface area contributed by atoms with Crippen LogP contribution in [-0.4, -0.2) is 89.3 Å². The van der Waals surface area contributed by atoms with Crippen LogP contribution in [0, 0.1) is 0 Å². The smallest absolute Gasteiger partial charge is 0.313 e. The largest absolute Gasteiger partial charge is 0.395 e. The Morgan fingerprint density at radius 1 is 0.773 bits per heavy atom. The Kier molecular flexibility index (Phi) is 11.9. The van der Waals surface area contributed by atoms with Crippen LogP contribution in [0.5, 0.6) is 0 Å². The number of unbranched alkanes of at least 4 members (excludes halogenated alkanes) is 1. The first-order valence-corrected chi connectivity index (χ1v) is 7.66. The third kappa shape index (κ3) is 7.81. The van der Waals surface area contributed by atoms with Gasteiger partial charge in [-0.3, -0.25) is 9.28 Å². The summed E-state index contributed by atoms with van der Waals surface area (Å²) in [4.78, 5) is 23.7. The van der Waals surface area contributed by atoms with E-state index in [-0.39, 0.29) is 81.7 Å². The van der Waals surface area contributed by atoms with Crippen molar-refractivity contribution in [2.45, 2.75) is 25.7 Å². The summed E-state index contributed by atoms with van der Waals surface area (Å²) >= 11 is 0. The molecule has 0 radical (unpaired) electrons. The molecule has 0 saturated carbocycles. The molecule has 0 aromatic rings. The van der Waals surface area contributed by atoms with Crippen molar-refractivity contribution in [1.29, 1.82) is 0 Å². The summed E-state index contributed by atoms with van der Waals surface area (Å²) in [7, 11) is 0. The van der Waals surface area contributed by atoms with Crippen LogP contribution in [0.1, 0.15) is 25.7 Å². The zero-order chi connectivity index (χ0) is 16.8. The van der Waals surface area contributed by atoms with Gasteiger partial charge in [0.2, 0.25) is 5.91 Å². The van der Waals surface area contributed by atoms with E-state index < -0.39 is 0 Å². The Labute approximate surface area is 131 Å². The van der Waals surface area contributed by atoms with E-state index in [0.717, 1.165) is 0 Å². The highest BCUT2D eigenvalue weighted by Crippen LogP contribution is 2.13. The summed E-state index contributed by atoms with van der Waals surface area (Å²) in [5.74, 6) is -0.309. The maximum Gasteiger partial charge on any atom is 0.313 e. The first-order chi connectivity index (χ1) is 10.6. The molecule has 5 N–H and O–H groups in total. The van der Waals surface area contributed by atoms with Gasteiger partial charge in [-0.05, 0) is 12.8 Å². The highest BCUT2D eigenvalue weighted by molar-refractivity contribution is 5.75. The van der Waals surface area contributed by atoms with Crippen molar-refractivity contribution < 1.29 is 34.5 Å². The van der Waals surface area contributed by atoms with Gasteiger partial charge in [-0.15, -0.1) is 0 Å². The van der Waals surface area contributed by atoms with Crippen LogP contribution < -0.4 is 5.32 Å². The number of nitrogens with zero attached hydrogens (tertiary/aromatic N) is 1. The van der Waals surface area contributed by atoms with Crippen molar-refractivity contribution in [2.24, 2.45) is 0 Å². The number of aliphatic hydroxyl groups is 4. The molecule has 0 fully saturated rings. The maximum atomic E-state index is 12.4. The molecule has 0 atom stereocenters. The van der Waals surface area contributed by atoms with E-state index in [0.29, 0.717) is 12.8 Å². The van der Waals surface area contributed by atoms with Gasteiger partial charge < -0.3 is 25.7 Å². The van der Waals surface area contributed by atoms with Crippen LogP contribution in [0.3, 0.4) is 0 Å². The lowest BCUT2D eigenvalue weighted by atomic mass is 10.1. The van der Waals surface area contributed by atoms with Crippen LogP contribution in [0.2, 0.25) is 0 Å². The third-order valence-corrected chi connectivity index (χ3v) is 3.59. The predicted molar refractivity (Wildman–Crippen MR) is 79.7 cm³/mol. The molecule has 0 aliphatic heterocycles. The Balaban J connectivity index is 4.30. The number of amides is 2. The van der Waals surface area contributed by atoms with Crippen molar-refractivity contribution in [2.75, 3.05) is 52.6 Å². The first kappa shape index (κ1) is 20.9. The van der Waals surface area contributed by atoms with Crippen molar-refractivity contribution in [3.8, 4) is 0 Å². The van der Waals surface area contributed by atoms with E-state index in [1.807, 2.05) is 0 Å². The van der Waals surface area contributed by atoms with Gasteiger partial charge >= 0.3 is 5.91 Å². The summed E-state index contributed by atoms with van der Waals surface area (Å²) in [6.45, 7) is 0.0136. The molecule has 22 heavy (non-hydrogen) atoms. The highest BCUT2D eigenvalue weighted by Gasteiger charge is 2.34. The second kappa shape index (κ2) is 12.5. The van der Waals surface area contributed by atoms with Gasteiger partial charge in [-0.2, -0.15) is 0 Å². The lowest BCUT2D eigenvalue weighted by Crippen LogP contribution is -2.57. The van der Waals surface area contributed by atoms with Gasteiger partial charge in [-0.1, -0.05) is 0 Å². The lowest BCUT2D eigenvalue weighted by Gasteiger charge is -2.34. The summed E-state index contributed by atoms with van der Waals surface area (Å²) in [5.41, 5.74) is 0. The van der Waals surface area contributed by atoms with Gasteiger partial charge in [-0.25, -0.2) is 4.79 Å². The third-order valence-electron chi connectivity index (χ3n) is 3.59. The normalized spacial score (nSPS) is 11.5. The molecule has 8 nitrogen and oxygen atoms in total. The second-order valence-electron chi connectivity index (χ2n) is 5.16. The maximum absolute atomic E-state index is 12.4. The van der Waals surface area contributed by atoms with Crippen molar-refractivity contribution >= 4 is 11.8 Å². The average Bonchev–Trinajstić information content (AvgIpc) is 2.49. The minimum Gasteiger partial charge on any atom is -0.395 e. The van der Waals surface area contributed by atoms with Crippen molar-refractivity contribution in [3.05, 3.63) is 0 Å². The average molecular weight is 321 g/mol. The molecule has 0 rings (SSSR count). The van der Waals surface area contributed by atoms with E-state index >= 15 is 0 Å². The van der Waals surface area contributed by atoms with Crippen LogP contribution in [0.4, 0.5) is 0 Å². The molecule has 0 aromatic heterocycles. The van der Waals surface area contributed by atoms with Crippen molar-refractivity contribution in [1.82, 2.24) is 5.32 Å². The zero-order valence-electron chi connectivity index (χ0n) is 13.0. The first-order valence-electron chi connectivity index (χ1n) is 7.66. The van der Waals surface area contributed by atoms with E-state index in [4.69, 9.17) is 20.4 Å². The number of rotatable bonds is 13. The highest BCUT2D eigenvalue weighted by atomic mass is 16.3. The van der Waals surface area contributed by atoms with Gasteiger partial charge in [0.25, 0.3) is 0 Å². The molecule has 2 amide bonds. The molecular formula is C14H29N2O6+. The summed E-state index contributed by atoms with van der Waals surface area (Å²) < 4.78 is -0.139. The van der Waals surface area contributed by atoms with Crippen LogP contribution >= 0.6 is 0 Å². The molecule has 0 aliphatic carbocycles. The number of nitrogens with one attached hydrogen (secondary N) is 1. The fraction of sp³-hybridized carbons (Fsp3) is 0.857. The van der Waals surface area contributed by atoms with E-state index in [9.17, 15) is 9.59 Å². The molecule has 0 aromatic carbocycles. The molecule has 0 spiro atoms. The van der Waals surface area contributed by atoms with Gasteiger partial charge in [0.05, 0.1) is 32.8 Å². The Morgan fingerprint density at radius 3 is 1.73 bits per heavy atom. The van der Waals surface area contributed by atoms with Gasteiger partial charge in [0.1, 0.15) is 19.6 Å². The minimum atomic E-state index is -0.199. The molecule has 0 bridgehead atoms. The van der Waals surface area contributed by atoms with Crippen LogP contribution in [0.15, 0.2) is 0 Å².